The Hall–Kier alpha value is -2.62. The molecule has 1 aliphatic rings. The van der Waals surface area contributed by atoms with Crippen molar-refractivity contribution in [1.82, 2.24) is 4.98 Å². The molecule has 0 aliphatic carbocycles. The average molecular weight is 266 g/mol. The van der Waals surface area contributed by atoms with Gasteiger partial charge in [-0.3, -0.25) is 4.98 Å². The molecule has 0 saturated heterocycles. The second-order valence-corrected chi connectivity index (χ2v) is 4.46. The molecule has 0 amide bonds. The molecule has 1 N–H and O–H groups in total. The third-order valence-corrected chi connectivity index (χ3v) is 3.08. The summed E-state index contributed by atoms with van der Waals surface area (Å²) in [5, 5.41) is 3.26. The molecule has 1 aromatic carbocycles. The summed E-state index contributed by atoms with van der Waals surface area (Å²) >= 11 is 0. The van der Waals surface area contributed by atoms with Crippen molar-refractivity contribution in [3.05, 3.63) is 66.0 Å². The molecule has 0 spiro atoms. The largest absolute Gasteiger partial charge is 0.423 e. The lowest BCUT2D eigenvalue weighted by Gasteiger charge is -2.03. The second kappa shape index (κ2) is 5.57. The van der Waals surface area contributed by atoms with Crippen molar-refractivity contribution in [2.45, 2.75) is 6.42 Å². The molecule has 2 aromatic rings. The van der Waals surface area contributed by atoms with Crippen molar-refractivity contribution < 1.29 is 9.53 Å². The number of hydrogen-bond donors (Lipinski definition) is 1. The van der Waals surface area contributed by atoms with Crippen molar-refractivity contribution in [2.24, 2.45) is 0 Å². The Balaban J connectivity index is 1.62. The number of benzene rings is 1. The molecule has 1 aliphatic heterocycles. The predicted molar refractivity (Wildman–Crippen MR) is 77.2 cm³/mol. The van der Waals surface area contributed by atoms with Gasteiger partial charge >= 0.3 is 5.97 Å². The summed E-state index contributed by atoms with van der Waals surface area (Å²) in [5.74, 6) is 0.380. The second-order valence-electron chi connectivity index (χ2n) is 4.46. The fraction of sp³-hybridized carbons (Fsp3) is 0.125. The molecule has 100 valence electrons. The minimum absolute atomic E-state index is 0.271. The van der Waals surface area contributed by atoms with E-state index >= 15 is 0 Å². The van der Waals surface area contributed by atoms with E-state index < -0.39 is 0 Å². The highest BCUT2D eigenvalue weighted by atomic mass is 16.5. The molecule has 0 radical (unpaired) electrons. The Kier molecular flexibility index (Phi) is 3.46. The highest BCUT2D eigenvalue weighted by molar-refractivity contribution is 6.02. The van der Waals surface area contributed by atoms with Crippen LogP contribution in [-0.4, -0.2) is 17.5 Å². The Bertz CT molecular complexity index is 651. The van der Waals surface area contributed by atoms with E-state index in [1.807, 2.05) is 36.4 Å². The van der Waals surface area contributed by atoms with Gasteiger partial charge in [-0.15, -0.1) is 0 Å². The Morgan fingerprint density at radius 1 is 1.15 bits per heavy atom. The standard InChI is InChI=1S/C16H14N2O2/c19-16-14-7-2-1-6-13(14)15(20-16)8-4-10-18-12-5-3-9-17-11-12/h1-3,5-9,11,18H,4,10H2/b15-8+. The molecule has 0 fully saturated rings. The fourth-order valence-corrected chi connectivity index (χ4v) is 2.12. The van der Waals surface area contributed by atoms with Crippen LogP contribution in [-0.2, 0) is 4.74 Å². The summed E-state index contributed by atoms with van der Waals surface area (Å²) in [4.78, 5) is 15.7. The van der Waals surface area contributed by atoms with Crippen LogP contribution >= 0.6 is 0 Å². The molecule has 20 heavy (non-hydrogen) atoms. The third kappa shape index (κ3) is 2.54. The van der Waals surface area contributed by atoms with E-state index in [-0.39, 0.29) is 5.97 Å². The fourth-order valence-electron chi connectivity index (χ4n) is 2.12. The third-order valence-electron chi connectivity index (χ3n) is 3.08. The molecular weight excluding hydrogens is 252 g/mol. The Morgan fingerprint density at radius 3 is 2.80 bits per heavy atom. The first-order valence-corrected chi connectivity index (χ1v) is 6.50. The minimum Gasteiger partial charge on any atom is -0.423 e. The van der Waals surface area contributed by atoms with E-state index in [0.717, 1.165) is 24.2 Å². The van der Waals surface area contributed by atoms with E-state index in [9.17, 15) is 4.79 Å². The number of pyridine rings is 1. The summed E-state index contributed by atoms with van der Waals surface area (Å²) in [5.41, 5.74) is 2.49. The van der Waals surface area contributed by atoms with Crippen LogP contribution in [0.15, 0.2) is 54.9 Å². The zero-order valence-corrected chi connectivity index (χ0v) is 10.9. The van der Waals surface area contributed by atoms with E-state index in [1.54, 1.807) is 18.5 Å². The smallest absolute Gasteiger partial charge is 0.344 e. The van der Waals surface area contributed by atoms with Crippen molar-refractivity contribution in [2.75, 3.05) is 11.9 Å². The lowest BCUT2D eigenvalue weighted by Crippen LogP contribution is -2.00. The number of hydrogen-bond acceptors (Lipinski definition) is 4. The van der Waals surface area contributed by atoms with E-state index in [0.29, 0.717) is 11.3 Å². The number of anilines is 1. The number of fused-ring (bicyclic) bond motifs is 1. The van der Waals surface area contributed by atoms with E-state index in [1.165, 1.54) is 0 Å². The zero-order valence-electron chi connectivity index (χ0n) is 10.9. The van der Waals surface area contributed by atoms with Crippen LogP contribution in [0.5, 0.6) is 0 Å². The number of rotatable bonds is 4. The maximum atomic E-state index is 11.6. The number of nitrogens with one attached hydrogen (secondary N) is 1. The van der Waals surface area contributed by atoms with Gasteiger partial charge in [0.05, 0.1) is 11.3 Å². The maximum absolute atomic E-state index is 11.6. The van der Waals surface area contributed by atoms with Crippen LogP contribution < -0.4 is 5.32 Å². The van der Waals surface area contributed by atoms with Gasteiger partial charge in [0.2, 0.25) is 0 Å². The molecule has 4 nitrogen and oxygen atoms in total. The van der Waals surface area contributed by atoms with Crippen molar-refractivity contribution in [1.29, 1.82) is 0 Å². The van der Waals surface area contributed by atoms with Crippen LogP contribution in [0.1, 0.15) is 22.3 Å². The summed E-state index contributed by atoms with van der Waals surface area (Å²) in [7, 11) is 0. The predicted octanol–water partition coefficient (Wildman–Crippen LogP) is 3.10. The van der Waals surface area contributed by atoms with Gasteiger partial charge in [-0.2, -0.15) is 0 Å². The highest BCUT2D eigenvalue weighted by Gasteiger charge is 2.24. The topological polar surface area (TPSA) is 51.2 Å². The summed E-state index contributed by atoms with van der Waals surface area (Å²) in [6, 6.07) is 11.3. The molecule has 0 saturated carbocycles. The monoisotopic (exact) mass is 266 g/mol. The van der Waals surface area contributed by atoms with Crippen LogP contribution in [0.2, 0.25) is 0 Å². The molecule has 3 rings (SSSR count). The van der Waals surface area contributed by atoms with Gasteiger partial charge in [0, 0.05) is 24.5 Å². The van der Waals surface area contributed by atoms with Crippen LogP contribution in [0.25, 0.3) is 5.76 Å². The number of nitrogens with zero attached hydrogens (tertiary/aromatic N) is 1. The van der Waals surface area contributed by atoms with Gasteiger partial charge in [0.15, 0.2) is 0 Å². The maximum Gasteiger partial charge on any atom is 0.344 e. The van der Waals surface area contributed by atoms with Gasteiger partial charge in [0.25, 0.3) is 0 Å². The summed E-state index contributed by atoms with van der Waals surface area (Å²) in [6.45, 7) is 0.759. The lowest BCUT2D eigenvalue weighted by molar-refractivity contribution is 0.0715. The van der Waals surface area contributed by atoms with Gasteiger partial charge < -0.3 is 10.1 Å². The van der Waals surface area contributed by atoms with Gasteiger partial charge in [-0.1, -0.05) is 18.2 Å². The molecular formula is C16H14N2O2. The summed E-state index contributed by atoms with van der Waals surface area (Å²) in [6.07, 6.45) is 6.22. The van der Waals surface area contributed by atoms with Gasteiger partial charge in [-0.05, 0) is 30.7 Å². The summed E-state index contributed by atoms with van der Waals surface area (Å²) < 4.78 is 5.27. The molecule has 2 heterocycles. The number of carbonyl (C=O) groups is 1. The quantitative estimate of drug-likeness (QED) is 0.682. The number of ether oxygens (including phenoxy) is 1. The number of cyclic esters (lactones) is 1. The van der Waals surface area contributed by atoms with Gasteiger partial charge in [0.1, 0.15) is 5.76 Å². The van der Waals surface area contributed by atoms with E-state index in [4.69, 9.17) is 4.74 Å². The molecule has 0 atom stereocenters. The number of esters is 1. The minimum atomic E-state index is -0.271. The van der Waals surface area contributed by atoms with Crippen LogP contribution in [0, 0.1) is 0 Å². The lowest BCUT2D eigenvalue weighted by atomic mass is 10.1. The SMILES string of the molecule is O=C1O/C(=C/CCNc2cccnc2)c2ccccc21. The first-order chi connectivity index (χ1) is 9.84. The highest BCUT2D eigenvalue weighted by Crippen LogP contribution is 2.29. The van der Waals surface area contributed by atoms with Crippen LogP contribution in [0.3, 0.4) is 0 Å². The average Bonchev–Trinajstić information content (AvgIpc) is 2.82. The zero-order chi connectivity index (χ0) is 13.8. The molecule has 1 aromatic heterocycles. The van der Waals surface area contributed by atoms with Crippen molar-refractivity contribution >= 4 is 17.4 Å². The Morgan fingerprint density at radius 2 is 2.00 bits per heavy atom. The first-order valence-electron chi connectivity index (χ1n) is 6.50. The van der Waals surface area contributed by atoms with Crippen molar-refractivity contribution in [3.8, 4) is 0 Å². The Labute approximate surface area is 117 Å². The molecule has 0 unspecified atom stereocenters. The van der Waals surface area contributed by atoms with E-state index in [2.05, 4.69) is 10.3 Å². The van der Waals surface area contributed by atoms with Crippen molar-refractivity contribution in [3.63, 3.8) is 0 Å². The number of carbonyl (C=O) groups excluding carboxylic acids is 1. The van der Waals surface area contributed by atoms with Gasteiger partial charge in [-0.25, -0.2) is 4.79 Å². The molecule has 4 heteroatoms. The first kappa shape index (κ1) is 12.4. The molecule has 0 bridgehead atoms. The normalized spacial score (nSPS) is 15.0. The van der Waals surface area contributed by atoms with Crippen LogP contribution in [0.4, 0.5) is 5.69 Å². The number of aromatic nitrogens is 1.